The van der Waals surface area contributed by atoms with E-state index in [-0.39, 0.29) is 18.9 Å². The maximum Gasteiger partial charge on any atom is 0.220 e. The summed E-state index contributed by atoms with van der Waals surface area (Å²) in [6, 6.07) is -0.995. The van der Waals surface area contributed by atoms with Crippen molar-refractivity contribution in [1.29, 1.82) is 0 Å². The van der Waals surface area contributed by atoms with Gasteiger partial charge < -0.3 is 89.9 Å². The second kappa shape index (κ2) is 63.0. The number of aliphatic hydroxyl groups excluding tert-OH is 11. The van der Waals surface area contributed by atoms with Crippen LogP contribution in [0.5, 0.6) is 0 Å². The van der Waals surface area contributed by atoms with Crippen LogP contribution in [-0.2, 0) is 33.2 Å². The maximum absolute atomic E-state index is 13.5. The monoisotopic (exact) mass is 1440 g/mol. The number of aliphatic hydroxyl groups is 11. The van der Waals surface area contributed by atoms with Crippen molar-refractivity contribution in [1.82, 2.24) is 5.32 Å². The number of carbonyl (C=O) groups excluding carboxylic acids is 1. The van der Waals surface area contributed by atoms with Gasteiger partial charge in [0.15, 0.2) is 18.9 Å². The van der Waals surface area contributed by atoms with E-state index in [1.807, 2.05) is 6.08 Å². The van der Waals surface area contributed by atoms with Gasteiger partial charge in [-0.2, -0.15) is 0 Å². The van der Waals surface area contributed by atoms with E-state index in [4.69, 9.17) is 28.4 Å². The zero-order chi connectivity index (χ0) is 73.2. The number of hydrogen-bond donors (Lipinski definition) is 12. The third kappa shape index (κ3) is 43.0. The second-order valence-electron chi connectivity index (χ2n) is 29.9. The number of ether oxygens (including phenoxy) is 6. The molecule has 3 saturated heterocycles. The van der Waals surface area contributed by atoms with Crippen LogP contribution in [0.1, 0.15) is 348 Å². The molecule has 0 aliphatic carbocycles. The van der Waals surface area contributed by atoms with Gasteiger partial charge in [0, 0.05) is 6.42 Å². The predicted molar refractivity (Wildman–Crippen MR) is 402 cm³/mol. The number of carbonyl (C=O) groups is 1. The molecule has 0 saturated carbocycles. The molecule has 17 atom stereocenters. The van der Waals surface area contributed by atoms with Crippen LogP contribution in [0.2, 0.25) is 0 Å². The molecule has 3 rings (SSSR count). The SMILES string of the molecule is CCCCCCCCCC/C=C/CC/C=C/CC/C=C/C(O)C(COC1OC(CO)C(OC2OC(CO)C(OC3OC(CO)C(O)C(O)C3O)C(O)C2O)C(O)C1O)NC(=O)CCCCCCCCCCCCCCCCCCCCCCCCCCCCCCCCCCCCCCCC. The first-order valence-electron chi connectivity index (χ1n) is 41.7. The molecule has 0 aromatic carbocycles. The Balaban J connectivity index is 1.31. The van der Waals surface area contributed by atoms with Crippen LogP contribution in [0, 0.1) is 0 Å². The van der Waals surface area contributed by atoms with E-state index >= 15 is 0 Å². The fourth-order valence-corrected chi connectivity index (χ4v) is 14.2. The van der Waals surface area contributed by atoms with E-state index in [2.05, 4.69) is 43.5 Å². The van der Waals surface area contributed by atoms with Crippen molar-refractivity contribution < 1.29 is 89.4 Å². The number of amides is 1. The highest BCUT2D eigenvalue weighted by atomic mass is 16.8. The van der Waals surface area contributed by atoms with Gasteiger partial charge in [-0.15, -0.1) is 0 Å². The average molecular weight is 1440 g/mol. The molecule has 0 aromatic heterocycles. The molecule has 12 N–H and O–H groups in total. The van der Waals surface area contributed by atoms with Crippen LogP contribution in [0.25, 0.3) is 0 Å². The molecule has 0 aromatic rings. The summed E-state index contributed by atoms with van der Waals surface area (Å²) < 4.78 is 34.4. The summed E-state index contributed by atoms with van der Waals surface area (Å²) in [5, 5.41) is 121. The Morgan fingerprint density at radius 1 is 0.347 bits per heavy atom. The van der Waals surface area contributed by atoms with Gasteiger partial charge >= 0.3 is 0 Å². The summed E-state index contributed by atoms with van der Waals surface area (Å²) in [5.74, 6) is -0.283. The third-order valence-corrected chi connectivity index (χ3v) is 20.9. The molecular weight excluding hydrogens is 1290 g/mol. The van der Waals surface area contributed by atoms with E-state index in [0.29, 0.717) is 12.8 Å². The standard InChI is InChI=1S/C82H153NO18/c1-3-5-7-9-11-13-15-17-19-21-23-24-25-26-27-28-29-30-31-32-33-34-35-36-37-38-39-40-41-42-44-46-48-50-52-54-56-58-60-70(88)83-65(66(87)59-57-55-53-51-49-47-45-43-22-20-18-16-14-12-10-8-6-4-2)64-96-80-76(94)73(91)78(68(62-85)98-80)101-82-77(95)74(92)79(69(63-86)99-82)100-81-75(93)72(90)71(89)67(61-84)97-81/h22,43,49,51,57,59,65-69,71-82,84-87,89-95H,3-21,23-42,44-48,50,52-56,58,60-64H2,1-2H3,(H,83,88)/b43-22+,51-49+,59-57+. The lowest BCUT2D eigenvalue weighted by Crippen LogP contribution is -2.66. The van der Waals surface area contributed by atoms with E-state index in [1.165, 1.54) is 270 Å². The van der Waals surface area contributed by atoms with Gasteiger partial charge in [0.2, 0.25) is 5.91 Å². The smallest absolute Gasteiger partial charge is 0.220 e. The zero-order valence-electron chi connectivity index (χ0n) is 63.7. The minimum Gasteiger partial charge on any atom is -0.394 e. The summed E-state index contributed by atoms with van der Waals surface area (Å²) in [7, 11) is 0. The van der Waals surface area contributed by atoms with Crippen LogP contribution in [0.4, 0.5) is 0 Å². The van der Waals surface area contributed by atoms with Crippen LogP contribution in [-0.4, -0.2) is 193 Å². The molecule has 101 heavy (non-hydrogen) atoms. The number of rotatable bonds is 67. The molecule has 3 aliphatic rings. The first-order chi connectivity index (χ1) is 49.3. The predicted octanol–water partition coefficient (Wildman–Crippen LogP) is 14.3. The van der Waals surface area contributed by atoms with Crippen LogP contribution in [0.15, 0.2) is 36.5 Å². The van der Waals surface area contributed by atoms with E-state index < -0.39 is 124 Å². The lowest BCUT2D eigenvalue weighted by molar-refractivity contribution is -0.379. The first-order valence-corrected chi connectivity index (χ1v) is 41.7. The molecule has 1 amide bonds. The Labute approximate surface area is 612 Å². The van der Waals surface area contributed by atoms with Gasteiger partial charge in [-0.1, -0.05) is 333 Å². The molecule has 17 unspecified atom stereocenters. The average Bonchev–Trinajstić information content (AvgIpc) is 0.783. The van der Waals surface area contributed by atoms with Crippen molar-refractivity contribution in [2.24, 2.45) is 0 Å². The summed E-state index contributed by atoms with van der Waals surface area (Å²) >= 11 is 0. The van der Waals surface area contributed by atoms with Crippen molar-refractivity contribution in [3.05, 3.63) is 36.5 Å². The Morgan fingerprint density at radius 3 is 0.990 bits per heavy atom. The second-order valence-corrected chi connectivity index (χ2v) is 29.9. The summed E-state index contributed by atoms with van der Waals surface area (Å²) in [6.45, 7) is 1.75. The molecule has 3 aliphatic heterocycles. The van der Waals surface area contributed by atoms with Crippen molar-refractivity contribution in [2.75, 3.05) is 26.4 Å². The maximum atomic E-state index is 13.5. The minimum atomic E-state index is -1.98. The van der Waals surface area contributed by atoms with Crippen LogP contribution < -0.4 is 5.32 Å². The topological polar surface area (TPSA) is 307 Å². The molecule has 0 radical (unpaired) electrons. The van der Waals surface area contributed by atoms with Gasteiger partial charge in [-0.3, -0.25) is 4.79 Å². The van der Waals surface area contributed by atoms with Crippen molar-refractivity contribution in [2.45, 2.75) is 452 Å². The van der Waals surface area contributed by atoms with Crippen LogP contribution in [0.3, 0.4) is 0 Å². The molecule has 3 fully saturated rings. The molecule has 19 heteroatoms. The Hall–Kier alpha value is -1.99. The Morgan fingerprint density at radius 2 is 0.634 bits per heavy atom. The number of unbranched alkanes of at least 4 members (excludes halogenated alkanes) is 47. The van der Waals surface area contributed by atoms with E-state index in [0.717, 1.165) is 44.9 Å². The number of nitrogens with one attached hydrogen (secondary N) is 1. The highest BCUT2D eigenvalue weighted by Crippen LogP contribution is 2.33. The molecule has 0 bridgehead atoms. The van der Waals surface area contributed by atoms with Crippen molar-refractivity contribution >= 4 is 5.91 Å². The zero-order valence-corrected chi connectivity index (χ0v) is 63.7. The van der Waals surface area contributed by atoms with Crippen molar-refractivity contribution in [3.8, 4) is 0 Å². The van der Waals surface area contributed by atoms with Crippen molar-refractivity contribution in [3.63, 3.8) is 0 Å². The minimum absolute atomic E-state index is 0.236. The summed E-state index contributed by atoms with van der Waals surface area (Å²) in [4.78, 5) is 13.5. The largest absolute Gasteiger partial charge is 0.394 e. The van der Waals surface area contributed by atoms with Gasteiger partial charge in [-0.05, 0) is 44.9 Å². The molecular formula is C82H153NO18. The van der Waals surface area contributed by atoms with E-state index in [1.54, 1.807) is 6.08 Å². The highest BCUT2D eigenvalue weighted by Gasteiger charge is 2.54. The summed E-state index contributed by atoms with van der Waals surface area (Å²) in [6.07, 6.45) is 51.7. The quantitative estimate of drug-likeness (QED) is 0.0199. The van der Waals surface area contributed by atoms with Gasteiger partial charge in [0.1, 0.15) is 73.2 Å². The fourth-order valence-electron chi connectivity index (χ4n) is 14.2. The number of hydrogen-bond acceptors (Lipinski definition) is 18. The Bertz CT molecular complexity index is 1960. The number of allylic oxidation sites excluding steroid dienone is 5. The highest BCUT2D eigenvalue weighted by molar-refractivity contribution is 5.76. The first kappa shape index (κ1) is 93.2. The van der Waals surface area contributed by atoms with Gasteiger partial charge in [-0.25, -0.2) is 0 Å². The molecule has 0 spiro atoms. The Kier molecular flexibility index (Phi) is 58.1. The lowest BCUT2D eigenvalue weighted by Gasteiger charge is -2.48. The fraction of sp³-hybridized carbons (Fsp3) is 0.915. The molecule has 19 nitrogen and oxygen atoms in total. The van der Waals surface area contributed by atoms with E-state index in [9.17, 15) is 61.0 Å². The molecule has 594 valence electrons. The normalized spacial score (nSPS) is 26.4. The third-order valence-electron chi connectivity index (χ3n) is 20.9. The van der Waals surface area contributed by atoms with Gasteiger partial charge in [0.05, 0.1) is 38.6 Å². The van der Waals surface area contributed by atoms with Crippen LogP contribution >= 0.6 is 0 Å². The van der Waals surface area contributed by atoms with Gasteiger partial charge in [0.25, 0.3) is 0 Å². The molecule has 3 heterocycles. The summed E-state index contributed by atoms with van der Waals surface area (Å²) in [5.41, 5.74) is 0. The lowest BCUT2D eigenvalue weighted by atomic mass is 9.96.